The summed E-state index contributed by atoms with van der Waals surface area (Å²) >= 11 is 0. The summed E-state index contributed by atoms with van der Waals surface area (Å²) in [6, 6.07) is 6.37. The molecule has 102 valence electrons. The summed E-state index contributed by atoms with van der Waals surface area (Å²) in [7, 11) is 0. The monoisotopic (exact) mass is 258 g/mol. The first-order valence-electron chi connectivity index (χ1n) is 6.62. The number of nitrogens with one attached hydrogen (secondary N) is 1. The molecule has 0 fully saturated rings. The topological polar surface area (TPSA) is 38.1 Å². The van der Waals surface area contributed by atoms with Gasteiger partial charge >= 0.3 is 0 Å². The van der Waals surface area contributed by atoms with Crippen molar-refractivity contribution in [3.63, 3.8) is 0 Å². The van der Waals surface area contributed by atoms with Gasteiger partial charge in [0, 0.05) is 17.6 Å². The number of benzene rings is 1. The molecule has 2 rings (SSSR count). The van der Waals surface area contributed by atoms with Crippen LogP contribution < -0.4 is 5.32 Å². The Kier molecular flexibility index (Phi) is 3.76. The Bertz CT molecular complexity index is 564. The van der Waals surface area contributed by atoms with E-state index in [0.29, 0.717) is 6.54 Å². The van der Waals surface area contributed by atoms with Crippen molar-refractivity contribution in [3.8, 4) is 11.3 Å². The number of hydrogen-bond donors (Lipinski definition) is 1. The highest BCUT2D eigenvalue weighted by Gasteiger charge is 2.15. The van der Waals surface area contributed by atoms with Crippen molar-refractivity contribution in [3.05, 3.63) is 41.4 Å². The summed E-state index contributed by atoms with van der Waals surface area (Å²) in [4.78, 5) is 4.33. The van der Waals surface area contributed by atoms with Crippen LogP contribution in [0.3, 0.4) is 0 Å². The van der Waals surface area contributed by atoms with Crippen LogP contribution in [0, 0.1) is 13.8 Å². The molecular formula is C16H22N2O. The molecule has 0 unspecified atom stereocenters. The van der Waals surface area contributed by atoms with E-state index in [1.165, 1.54) is 17.5 Å². The highest BCUT2D eigenvalue weighted by atomic mass is 16.3. The van der Waals surface area contributed by atoms with E-state index in [1.807, 2.05) is 0 Å². The Morgan fingerprint density at radius 2 is 1.95 bits per heavy atom. The summed E-state index contributed by atoms with van der Waals surface area (Å²) in [5, 5.41) is 3.44. The minimum atomic E-state index is 0.0680. The fourth-order valence-electron chi connectivity index (χ4n) is 2.03. The van der Waals surface area contributed by atoms with Gasteiger partial charge in [-0.15, -0.1) is 0 Å². The summed E-state index contributed by atoms with van der Waals surface area (Å²) in [6.07, 6.45) is 1.52. The molecule has 0 bridgehead atoms. The Morgan fingerprint density at radius 3 is 2.58 bits per heavy atom. The van der Waals surface area contributed by atoms with Crippen LogP contribution in [0.1, 0.15) is 37.6 Å². The lowest BCUT2D eigenvalue weighted by molar-refractivity contribution is 0.421. The van der Waals surface area contributed by atoms with Gasteiger partial charge in [-0.3, -0.25) is 0 Å². The van der Waals surface area contributed by atoms with Crippen molar-refractivity contribution in [2.24, 2.45) is 0 Å². The van der Waals surface area contributed by atoms with E-state index in [2.05, 4.69) is 63.1 Å². The predicted octanol–water partition coefficient (Wildman–Crippen LogP) is 3.85. The van der Waals surface area contributed by atoms with Crippen LogP contribution >= 0.6 is 0 Å². The Labute approximate surface area is 115 Å². The summed E-state index contributed by atoms with van der Waals surface area (Å²) in [6.45, 7) is 11.3. The van der Waals surface area contributed by atoms with Crippen LogP contribution in [0.2, 0.25) is 0 Å². The normalized spacial score (nSPS) is 11.8. The van der Waals surface area contributed by atoms with E-state index in [-0.39, 0.29) is 5.54 Å². The molecule has 1 aromatic heterocycles. The van der Waals surface area contributed by atoms with Gasteiger partial charge in [-0.25, -0.2) is 4.98 Å². The summed E-state index contributed by atoms with van der Waals surface area (Å²) in [5.74, 6) is 0.870. The molecule has 0 aliphatic heterocycles. The highest BCUT2D eigenvalue weighted by molar-refractivity contribution is 5.64. The van der Waals surface area contributed by atoms with Crippen LogP contribution in [0.5, 0.6) is 0 Å². The van der Waals surface area contributed by atoms with Gasteiger partial charge in [-0.1, -0.05) is 23.8 Å². The fraction of sp³-hybridized carbons (Fsp3) is 0.438. The number of aromatic nitrogens is 1. The lowest BCUT2D eigenvalue weighted by atomic mass is 10.0. The van der Waals surface area contributed by atoms with Crippen LogP contribution in [0.15, 0.2) is 29.0 Å². The van der Waals surface area contributed by atoms with Gasteiger partial charge < -0.3 is 9.73 Å². The number of aryl methyl sites for hydroxylation is 2. The molecule has 1 heterocycles. The average molecular weight is 258 g/mol. The van der Waals surface area contributed by atoms with Gasteiger partial charge in [0.15, 0.2) is 12.2 Å². The Balaban J connectivity index is 2.28. The van der Waals surface area contributed by atoms with Crippen molar-refractivity contribution in [1.82, 2.24) is 10.3 Å². The molecule has 2 aromatic rings. The largest absolute Gasteiger partial charge is 0.443 e. The van der Waals surface area contributed by atoms with Gasteiger partial charge in [-0.2, -0.15) is 0 Å². The standard InChI is InChI=1S/C16H22N2O/c1-11-6-7-13(12(2)8-11)15-14(17-10-19-15)9-18-16(3,4)5/h6-8,10,18H,9H2,1-5H3. The number of hydrogen-bond acceptors (Lipinski definition) is 3. The molecule has 0 saturated heterocycles. The molecule has 0 aliphatic carbocycles. The zero-order valence-electron chi connectivity index (χ0n) is 12.4. The second-order valence-electron chi connectivity index (χ2n) is 6.05. The van der Waals surface area contributed by atoms with Crippen molar-refractivity contribution in [2.45, 2.75) is 46.7 Å². The van der Waals surface area contributed by atoms with E-state index >= 15 is 0 Å². The third-order valence-corrected chi connectivity index (χ3v) is 3.05. The first-order chi connectivity index (χ1) is 8.87. The van der Waals surface area contributed by atoms with Crippen LogP contribution in [-0.2, 0) is 6.54 Å². The van der Waals surface area contributed by atoms with Crippen molar-refractivity contribution in [1.29, 1.82) is 0 Å². The minimum Gasteiger partial charge on any atom is -0.443 e. The maximum atomic E-state index is 5.59. The molecular weight excluding hydrogens is 236 g/mol. The van der Waals surface area contributed by atoms with E-state index in [9.17, 15) is 0 Å². The molecule has 19 heavy (non-hydrogen) atoms. The number of rotatable bonds is 3. The SMILES string of the molecule is Cc1ccc(-c2ocnc2CNC(C)(C)C)c(C)c1. The van der Waals surface area contributed by atoms with E-state index in [4.69, 9.17) is 4.42 Å². The molecule has 0 aliphatic rings. The lowest BCUT2D eigenvalue weighted by Crippen LogP contribution is -2.35. The van der Waals surface area contributed by atoms with Crippen LogP contribution in [0.4, 0.5) is 0 Å². The van der Waals surface area contributed by atoms with Gasteiger partial charge in [0.1, 0.15) is 5.69 Å². The molecule has 3 heteroatoms. The van der Waals surface area contributed by atoms with E-state index in [0.717, 1.165) is 17.0 Å². The van der Waals surface area contributed by atoms with Crippen molar-refractivity contribution < 1.29 is 4.42 Å². The fourth-order valence-corrected chi connectivity index (χ4v) is 2.03. The molecule has 0 atom stereocenters. The van der Waals surface area contributed by atoms with Crippen molar-refractivity contribution in [2.75, 3.05) is 0 Å². The highest BCUT2D eigenvalue weighted by Crippen LogP contribution is 2.27. The second kappa shape index (κ2) is 5.17. The van der Waals surface area contributed by atoms with Gasteiger partial charge in [0.2, 0.25) is 0 Å². The number of oxazole rings is 1. The Hall–Kier alpha value is -1.61. The third kappa shape index (κ3) is 3.44. The van der Waals surface area contributed by atoms with Gasteiger partial charge in [0.25, 0.3) is 0 Å². The zero-order chi connectivity index (χ0) is 14.0. The van der Waals surface area contributed by atoms with Crippen LogP contribution in [0.25, 0.3) is 11.3 Å². The summed E-state index contributed by atoms with van der Waals surface area (Å²) in [5.41, 5.74) is 4.62. The third-order valence-electron chi connectivity index (χ3n) is 3.05. The molecule has 0 radical (unpaired) electrons. The second-order valence-corrected chi connectivity index (χ2v) is 6.05. The quantitative estimate of drug-likeness (QED) is 0.908. The smallest absolute Gasteiger partial charge is 0.181 e. The predicted molar refractivity (Wildman–Crippen MR) is 78.0 cm³/mol. The number of nitrogens with zero attached hydrogens (tertiary/aromatic N) is 1. The first-order valence-corrected chi connectivity index (χ1v) is 6.62. The molecule has 3 nitrogen and oxygen atoms in total. The molecule has 0 spiro atoms. The molecule has 0 amide bonds. The molecule has 0 saturated carbocycles. The first kappa shape index (κ1) is 13.8. The maximum Gasteiger partial charge on any atom is 0.181 e. The summed E-state index contributed by atoms with van der Waals surface area (Å²) < 4.78 is 5.59. The van der Waals surface area contributed by atoms with Crippen molar-refractivity contribution >= 4 is 0 Å². The van der Waals surface area contributed by atoms with Gasteiger partial charge in [-0.05, 0) is 40.2 Å². The zero-order valence-corrected chi connectivity index (χ0v) is 12.4. The lowest BCUT2D eigenvalue weighted by Gasteiger charge is -2.20. The average Bonchev–Trinajstić information content (AvgIpc) is 2.73. The minimum absolute atomic E-state index is 0.0680. The van der Waals surface area contributed by atoms with Crippen LogP contribution in [-0.4, -0.2) is 10.5 Å². The Morgan fingerprint density at radius 1 is 1.21 bits per heavy atom. The molecule has 1 aromatic carbocycles. The van der Waals surface area contributed by atoms with E-state index < -0.39 is 0 Å². The van der Waals surface area contributed by atoms with E-state index in [1.54, 1.807) is 0 Å². The molecule has 1 N–H and O–H groups in total. The van der Waals surface area contributed by atoms with Gasteiger partial charge in [0.05, 0.1) is 0 Å². The maximum absolute atomic E-state index is 5.59.